The van der Waals surface area contributed by atoms with Crippen LogP contribution in [0.2, 0.25) is 0 Å². The zero-order valence-corrected chi connectivity index (χ0v) is 15.1. The van der Waals surface area contributed by atoms with Crippen LogP contribution in [-0.4, -0.2) is 21.5 Å². The Morgan fingerprint density at radius 3 is 2.52 bits per heavy atom. The first-order valence-electron chi connectivity index (χ1n) is 8.47. The van der Waals surface area contributed by atoms with Gasteiger partial charge in [0.05, 0.1) is 17.4 Å². The SMILES string of the molecule is CC(=O)C1=C(C)n2nc(C(C)(C)C)cc2N2C(=O)c3ccccc3C12. The van der Waals surface area contributed by atoms with Gasteiger partial charge in [0, 0.05) is 22.6 Å². The highest BCUT2D eigenvalue weighted by atomic mass is 16.2. The minimum absolute atomic E-state index is 0.0320. The van der Waals surface area contributed by atoms with Gasteiger partial charge >= 0.3 is 0 Å². The first-order chi connectivity index (χ1) is 11.7. The monoisotopic (exact) mass is 335 g/mol. The first-order valence-corrected chi connectivity index (χ1v) is 8.47. The molecule has 25 heavy (non-hydrogen) atoms. The molecule has 5 heteroatoms. The number of ketones is 1. The number of fused-ring (bicyclic) bond motifs is 5. The molecule has 2 aromatic rings. The van der Waals surface area contributed by atoms with Crippen LogP contribution in [0, 0.1) is 0 Å². The minimum Gasteiger partial charge on any atom is -0.295 e. The molecule has 2 aliphatic heterocycles. The van der Waals surface area contributed by atoms with Crippen LogP contribution in [0.3, 0.4) is 0 Å². The molecule has 1 amide bonds. The zero-order chi connectivity index (χ0) is 18.1. The first kappa shape index (κ1) is 15.8. The second-order valence-corrected chi connectivity index (χ2v) is 7.77. The molecule has 1 atom stereocenters. The van der Waals surface area contributed by atoms with Gasteiger partial charge in [0.25, 0.3) is 5.91 Å². The number of nitrogens with zero attached hydrogens (tertiary/aromatic N) is 3. The number of aromatic nitrogens is 2. The molecule has 0 bridgehead atoms. The summed E-state index contributed by atoms with van der Waals surface area (Å²) in [5.74, 6) is 0.627. The van der Waals surface area contributed by atoms with E-state index in [9.17, 15) is 9.59 Å². The number of carbonyl (C=O) groups excluding carboxylic acids is 2. The molecular formula is C20H21N3O2. The Kier molecular flexibility index (Phi) is 3.11. The van der Waals surface area contributed by atoms with Crippen LogP contribution < -0.4 is 4.90 Å². The highest BCUT2D eigenvalue weighted by Gasteiger charge is 2.46. The second kappa shape index (κ2) is 4.91. The van der Waals surface area contributed by atoms with Gasteiger partial charge in [0.15, 0.2) is 5.78 Å². The maximum Gasteiger partial charge on any atom is 0.260 e. The Morgan fingerprint density at radius 1 is 1.20 bits per heavy atom. The van der Waals surface area contributed by atoms with Gasteiger partial charge in [-0.25, -0.2) is 4.68 Å². The largest absolute Gasteiger partial charge is 0.295 e. The van der Waals surface area contributed by atoms with Crippen LogP contribution in [-0.2, 0) is 10.2 Å². The van der Waals surface area contributed by atoms with Crippen LogP contribution in [0.15, 0.2) is 35.9 Å². The molecule has 128 valence electrons. The van der Waals surface area contributed by atoms with Gasteiger partial charge in [-0.2, -0.15) is 5.10 Å². The fraction of sp³-hybridized carbons (Fsp3) is 0.350. The molecule has 0 N–H and O–H groups in total. The lowest BCUT2D eigenvalue weighted by Crippen LogP contribution is -2.36. The summed E-state index contributed by atoms with van der Waals surface area (Å²) in [4.78, 5) is 27.2. The van der Waals surface area contributed by atoms with Crippen molar-refractivity contribution in [1.29, 1.82) is 0 Å². The molecule has 0 radical (unpaired) electrons. The molecule has 1 aromatic heterocycles. The zero-order valence-electron chi connectivity index (χ0n) is 15.1. The standard InChI is InChI=1S/C20H21N3O2/c1-11-17(12(2)24)18-13-8-6-7-9-14(13)19(25)22(18)16-10-15(20(3,4)5)21-23(11)16/h6-10,18H,1-5H3. The van der Waals surface area contributed by atoms with Crippen molar-refractivity contribution >= 4 is 23.2 Å². The normalized spacial score (nSPS) is 19.0. The number of allylic oxidation sites excluding steroid dienone is 1. The van der Waals surface area contributed by atoms with E-state index in [0.717, 1.165) is 22.8 Å². The lowest BCUT2D eigenvalue weighted by Gasteiger charge is -2.32. The molecule has 1 unspecified atom stereocenters. The summed E-state index contributed by atoms with van der Waals surface area (Å²) in [5.41, 5.74) is 3.73. The van der Waals surface area contributed by atoms with Crippen molar-refractivity contribution in [3.05, 3.63) is 52.7 Å². The van der Waals surface area contributed by atoms with Gasteiger partial charge < -0.3 is 0 Å². The second-order valence-electron chi connectivity index (χ2n) is 7.77. The quantitative estimate of drug-likeness (QED) is 0.798. The van der Waals surface area contributed by atoms with Crippen molar-refractivity contribution in [2.75, 3.05) is 4.90 Å². The Balaban J connectivity index is 2.03. The number of amides is 1. The van der Waals surface area contributed by atoms with E-state index >= 15 is 0 Å². The van der Waals surface area contributed by atoms with Gasteiger partial charge in [0.1, 0.15) is 5.82 Å². The van der Waals surface area contributed by atoms with Gasteiger partial charge in [0.2, 0.25) is 0 Å². The fourth-order valence-corrected chi connectivity index (χ4v) is 3.75. The summed E-state index contributed by atoms with van der Waals surface area (Å²) >= 11 is 0. The lowest BCUT2D eigenvalue weighted by atomic mass is 9.92. The van der Waals surface area contributed by atoms with Gasteiger partial charge in [-0.15, -0.1) is 0 Å². The van der Waals surface area contributed by atoms with E-state index in [-0.39, 0.29) is 23.1 Å². The van der Waals surface area contributed by atoms with Gasteiger partial charge in [-0.05, 0) is 25.5 Å². The summed E-state index contributed by atoms with van der Waals surface area (Å²) in [6.07, 6.45) is 0. The Hall–Kier alpha value is -2.69. The van der Waals surface area contributed by atoms with Crippen molar-refractivity contribution in [2.45, 2.75) is 46.1 Å². The van der Waals surface area contributed by atoms with Crippen LogP contribution in [0.4, 0.5) is 5.82 Å². The molecular weight excluding hydrogens is 314 g/mol. The number of rotatable bonds is 1. The highest BCUT2D eigenvalue weighted by Crippen LogP contribution is 2.47. The van der Waals surface area contributed by atoms with Crippen LogP contribution >= 0.6 is 0 Å². The van der Waals surface area contributed by atoms with Crippen LogP contribution in [0.25, 0.3) is 5.70 Å². The predicted molar refractivity (Wildman–Crippen MR) is 96.5 cm³/mol. The molecule has 1 aromatic carbocycles. The van der Waals surface area contributed by atoms with Gasteiger partial charge in [-0.1, -0.05) is 39.0 Å². The maximum absolute atomic E-state index is 13.1. The molecule has 0 spiro atoms. The van der Waals surface area contributed by atoms with Crippen LogP contribution in [0.1, 0.15) is 62.3 Å². The van der Waals surface area contributed by atoms with E-state index in [4.69, 9.17) is 5.10 Å². The Labute approximate surface area is 146 Å². The molecule has 5 nitrogen and oxygen atoms in total. The van der Waals surface area contributed by atoms with Crippen molar-refractivity contribution in [3.63, 3.8) is 0 Å². The van der Waals surface area contributed by atoms with Crippen molar-refractivity contribution in [1.82, 2.24) is 9.78 Å². The lowest BCUT2D eigenvalue weighted by molar-refractivity contribution is -0.113. The average Bonchev–Trinajstić information content (AvgIpc) is 3.09. The number of hydrogen-bond acceptors (Lipinski definition) is 3. The highest BCUT2D eigenvalue weighted by molar-refractivity contribution is 6.15. The summed E-state index contributed by atoms with van der Waals surface area (Å²) in [7, 11) is 0. The molecule has 3 heterocycles. The number of anilines is 1. The van der Waals surface area contributed by atoms with E-state index in [1.54, 1.807) is 16.5 Å². The number of carbonyl (C=O) groups is 2. The maximum atomic E-state index is 13.1. The summed E-state index contributed by atoms with van der Waals surface area (Å²) in [6.45, 7) is 9.73. The molecule has 4 rings (SSSR count). The van der Waals surface area contributed by atoms with Crippen molar-refractivity contribution in [3.8, 4) is 0 Å². The van der Waals surface area contributed by atoms with Crippen molar-refractivity contribution < 1.29 is 9.59 Å². The molecule has 0 aliphatic carbocycles. The van der Waals surface area contributed by atoms with Crippen LogP contribution in [0.5, 0.6) is 0 Å². The van der Waals surface area contributed by atoms with E-state index in [1.807, 2.05) is 37.3 Å². The number of benzene rings is 1. The summed E-state index contributed by atoms with van der Waals surface area (Å²) < 4.78 is 1.75. The summed E-state index contributed by atoms with van der Waals surface area (Å²) in [6, 6.07) is 9.14. The molecule has 0 saturated carbocycles. The third-order valence-electron chi connectivity index (χ3n) is 5.03. The van der Waals surface area contributed by atoms with E-state index in [1.165, 1.54) is 0 Å². The van der Waals surface area contributed by atoms with E-state index in [2.05, 4.69) is 20.8 Å². The van der Waals surface area contributed by atoms with E-state index in [0.29, 0.717) is 11.1 Å². The van der Waals surface area contributed by atoms with Crippen molar-refractivity contribution in [2.24, 2.45) is 0 Å². The third kappa shape index (κ3) is 2.05. The minimum atomic E-state index is -0.363. The Morgan fingerprint density at radius 2 is 1.88 bits per heavy atom. The average molecular weight is 335 g/mol. The summed E-state index contributed by atoms with van der Waals surface area (Å²) in [5, 5.41) is 4.71. The topological polar surface area (TPSA) is 55.2 Å². The number of Topliss-reactive ketones (excluding diaryl/α,β-unsaturated/α-hetero) is 1. The predicted octanol–water partition coefficient (Wildman–Crippen LogP) is 3.72. The van der Waals surface area contributed by atoms with Gasteiger partial charge in [-0.3, -0.25) is 14.5 Å². The molecule has 2 aliphatic rings. The third-order valence-corrected chi connectivity index (χ3v) is 5.03. The molecule has 0 fully saturated rings. The molecule has 0 saturated heterocycles. The smallest absolute Gasteiger partial charge is 0.260 e. The fourth-order valence-electron chi connectivity index (χ4n) is 3.75. The van der Waals surface area contributed by atoms with E-state index < -0.39 is 0 Å². The number of hydrogen-bond donors (Lipinski definition) is 0. The Bertz CT molecular complexity index is 960.